The van der Waals surface area contributed by atoms with Gasteiger partial charge in [0.05, 0.1) is 11.6 Å². The Kier molecular flexibility index (Phi) is 4.11. The highest BCUT2D eigenvalue weighted by atomic mass is 79.9. The standard InChI is InChI=1S/C10H12BrNO3/c1-15-9-3-2-6(4-7(9)11)5-8(12)10(13)14/h2-4,8H,5,12H2,1H3,(H,13,14)/t8-/m0/s1. The van der Waals surface area contributed by atoms with Crippen molar-refractivity contribution in [3.63, 3.8) is 0 Å². The van der Waals surface area contributed by atoms with Crippen LogP contribution in [0.2, 0.25) is 0 Å². The minimum atomic E-state index is -0.998. The Morgan fingerprint density at radius 2 is 2.33 bits per heavy atom. The summed E-state index contributed by atoms with van der Waals surface area (Å²) in [5, 5.41) is 8.65. The van der Waals surface area contributed by atoms with Crippen LogP contribution in [0.25, 0.3) is 0 Å². The average molecular weight is 274 g/mol. The summed E-state index contributed by atoms with van der Waals surface area (Å²) in [6.45, 7) is 0. The van der Waals surface area contributed by atoms with Gasteiger partial charge >= 0.3 is 5.97 Å². The summed E-state index contributed by atoms with van der Waals surface area (Å²) in [6, 6.07) is 4.51. The van der Waals surface area contributed by atoms with Crippen LogP contribution in [0.1, 0.15) is 5.56 Å². The first kappa shape index (κ1) is 12.0. The van der Waals surface area contributed by atoms with Crippen molar-refractivity contribution >= 4 is 21.9 Å². The molecule has 0 aliphatic rings. The van der Waals surface area contributed by atoms with E-state index in [2.05, 4.69) is 15.9 Å². The lowest BCUT2D eigenvalue weighted by Crippen LogP contribution is -2.32. The van der Waals surface area contributed by atoms with Crippen molar-refractivity contribution in [1.82, 2.24) is 0 Å². The van der Waals surface area contributed by atoms with Gasteiger partial charge in [-0.1, -0.05) is 6.07 Å². The van der Waals surface area contributed by atoms with Crippen molar-refractivity contribution in [1.29, 1.82) is 0 Å². The van der Waals surface area contributed by atoms with Gasteiger partial charge in [-0.2, -0.15) is 0 Å². The van der Waals surface area contributed by atoms with Gasteiger partial charge in [0.15, 0.2) is 0 Å². The second-order valence-electron chi connectivity index (χ2n) is 3.12. The zero-order chi connectivity index (χ0) is 11.4. The molecule has 0 bridgehead atoms. The second kappa shape index (κ2) is 5.14. The molecule has 0 unspecified atom stereocenters. The maximum Gasteiger partial charge on any atom is 0.320 e. The fourth-order valence-corrected chi connectivity index (χ4v) is 1.77. The molecule has 4 nitrogen and oxygen atoms in total. The molecule has 0 heterocycles. The van der Waals surface area contributed by atoms with Crippen LogP contribution in [-0.4, -0.2) is 24.2 Å². The van der Waals surface area contributed by atoms with E-state index in [-0.39, 0.29) is 0 Å². The van der Waals surface area contributed by atoms with Crippen LogP contribution in [0, 0.1) is 0 Å². The Balaban J connectivity index is 2.79. The monoisotopic (exact) mass is 273 g/mol. The Bertz CT molecular complexity index is 368. The van der Waals surface area contributed by atoms with Crippen LogP contribution in [0.3, 0.4) is 0 Å². The topological polar surface area (TPSA) is 72.5 Å². The first-order chi connectivity index (χ1) is 7.04. The average Bonchev–Trinajstić information content (AvgIpc) is 2.18. The SMILES string of the molecule is COc1ccc(C[C@H](N)C(=O)O)cc1Br. The molecule has 0 fully saturated rings. The van der Waals surface area contributed by atoms with E-state index in [1.165, 1.54) is 0 Å². The van der Waals surface area contributed by atoms with Crippen LogP contribution in [0.4, 0.5) is 0 Å². The Morgan fingerprint density at radius 1 is 1.67 bits per heavy atom. The molecule has 1 aromatic rings. The summed E-state index contributed by atoms with van der Waals surface area (Å²) >= 11 is 3.32. The number of halogens is 1. The van der Waals surface area contributed by atoms with E-state index < -0.39 is 12.0 Å². The largest absolute Gasteiger partial charge is 0.496 e. The summed E-state index contributed by atoms with van der Waals surface area (Å²) < 4.78 is 5.85. The lowest BCUT2D eigenvalue weighted by Gasteiger charge is -2.08. The Morgan fingerprint density at radius 3 is 2.80 bits per heavy atom. The van der Waals surface area contributed by atoms with Gasteiger partial charge in [0.2, 0.25) is 0 Å². The fraction of sp³-hybridized carbons (Fsp3) is 0.300. The maximum atomic E-state index is 10.6. The predicted octanol–water partition coefficient (Wildman–Crippen LogP) is 1.41. The number of carbonyl (C=O) groups is 1. The van der Waals surface area contributed by atoms with E-state index in [4.69, 9.17) is 15.6 Å². The van der Waals surface area contributed by atoms with Crippen LogP contribution in [0.5, 0.6) is 5.75 Å². The van der Waals surface area contributed by atoms with Gasteiger partial charge in [-0.05, 0) is 40.0 Å². The Labute approximate surface area is 96.2 Å². The molecule has 0 saturated carbocycles. The predicted molar refractivity (Wildman–Crippen MR) is 60.0 cm³/mol. The smallest absolute Gasteiger partial charge is 0.320 e. The van der Waals surface area contributed by atoms with Gasteiger partial charge in [0, 0.05) is 0 Å². The molecule has 1 atom stereocenters. The third-order valence-corrected chi connectivity index (χ3v) is 2.61. The van der Waals surface area contributed by atoms with Crippen molar-refractivity contribution in [2.24, 2.45) is 5.73 Å². The number of carboxylic acids is 1. The Hall–Kier alpha value is -1.07. The van der Waals surface area contributed by atoms with Crippen molar-refractivity contribution < 1.29 is 14.6 Å². The summed E-state index contributed by atoms with van der Waals surface area (Å²) in [5.74, 6) is -0.287. The highest BCUT2D eigenvalue weighted by molar-refractivity contribution is 9.10. The van der Waals surface area contributed by atoms with Crippen LogP contribution < -0.4 is 10.5 Å². The molecule has 0 aliphatic carbocycles. The lowest BCUT2D eigenvalue weighted by atomic mass is 10.1. The number of aliphatic carboxylic acids is 1. The quantitative estimate of drug-likeness (QED) is 0.870. The number of rotatable bonds is 4. The minimum Gasteiger partial charge on any atom is -0.496 e. The van der Waals surface area contributed by atoms with Crippen LogP contribution in [0.15, 0.2) is 22.7 Å². The van der Waals surface area contributed by atoms with Gasteiger partial charge in [-0.15, -0.1) is 0 Å². The number of nitrogens with two attached hydrogens (primary N) is 1. The molecule has 15 heavy (non-hydrogen) atoms. The number of ether oxygens (including phenoxy) is 1. The van der Waals surface area contributed by atoms with Gasteiger partial charge in [0.25, 0.3) is 0 Å². The molecule has 1 rings (SSSR count). The summed E-state index contributed by atoms with van der Waals surface area (Å²) in [5.41, 5.74) is 6.28. The third-order valence-electron chi connectivity index (χ3n) is 1.99. The lowest BCUT2D eigenvalue weighted by molar-refractivity contribution is -0.138. The molecule has 1 aromatic carbocycles. The van der Waals surface area contributed by atoms with Crippen LogP contribution in [-0.2, 0) is 11.2 Å². The fourth-order valence-electron chi connectivity index (χ4n) is 1.18. The molecular weight excluding hydrogens is 262 g/mol. The van der Waals surface area contributed by atoms with E-state index in [0.717, 1.165) is 10.0 Å². The summed E-state index contributed by atoms with van der Waals surface area (Å²) in [4.78, 5) is 10.6. The minimum absolute atomic E-state index is 0.303. The van der Waals surface area contributed by atoms with E-state index >= 15 is 0 Å². The van der Waals surface area contributed by atoms with Crippen molar-refractivity contribution in [2.45, 2.75) is 12.5 Å². The van der Waals surface area contributed by atoms with Crippen molar-refractivity contribution in [3.05, 3.63) is 28.2 Å². The van der Waals surface area contributed by atoms with Crippen molar-refractivity contribution in [2.75, 3.05) is 7.11 Å². The molecule has 0 amide bonds. The van der Waals surface area contributed by atoms with Crippen molar-refractivity contribution in [3.8, 4) is 5.75 Å². The summed E-state index contributed by atoms with van der Waals surface area (Å²) in [6.07, 6.45) is 0.303. The van der Waals surface area contributed by atoms with Crippen LogP contribution >= 0.6 is 15.9 Å². The van der Waals surface area contributed by atoms with E-state index in [1.54, 1.807) is 19.2 Å². The molecule has 0 aromatic heterocycles. The number of carboxylic acid groups (broad SMARTS) is 1. The molecular formula is C10H12BrNO3. The van der Waals surface area contributed by atoms with Gasteiger partial charge in [0.1, 0.15) is 11.8 Å². The summed E-state index contributed by atoms with van der Waals surface area (Å²) in [7, 11) is 1.57. The zero-order valence-electron chi connectivity index (χ0n) is 8.24. The van der Waals surface area contributed by atoms with Gasteiger partial charge in [-0.3, -0.25) is 4.79 Å². The number of methoxy groups -OCH3 is 1. The van der Waals surface area contributed by atoms with Gasteiger partial charge < -0.3 is 15.6 Å². The number of hydrogen-bond donors (Lipinski definition) is 2. The third kappa shape index (κ3) is 3.21. The normalized spacial score (nSPS) is 12.2. The molecule has 82 valence electrons. The highest BCUT2D eigenvalue weighted by Crippen LogP contribution is 2.25. The molecule has 0 aliphatic heterocycles. The van der Waals surface area contributed by atoms with E-state index in [9.17, 15) is 4.79 Å². The molecule has 0 saturated heterocycles. The molecule has 0 spiro atoms. The second-order valence-corrected chi connectivity index (χ2v) is 3.97. The molecule has 3 N–H and O–H groups in total. The van der Waals surface area contributed by atoms with Gasteiger partial charge in [-0.25, -0.2) is 0 Å². The number of hydrogen-bond acceptors (Lipinski definition) is 3. The maximum absolute atomic E-state index is 10.6. The van der Waals surface area contributed by atoms with E-state index in [1.807, 2.05) is 6.07 Å². The number of benzene rings is 1. The first-order valence-electron chi connectivity index (χ1n) is 4.35. The van der Waals surface area contributed by atoms with E-state index in [0.29, 0.717) is 12.2 Å². The highest BCUT2D eigenvalue weighted by Gasteiger charge is 2.12. The molecule has 0 radical (unpaired) electrons. The molecule has 5 heteroatoms. The zero-order valence-corrected chi connectivity index (χ0v) is 9.82. The first-order valence-corrected chi connectivity index (χ1v) is 5.14.